The molecule has 20 heavy (non-hydrogen) atoms. The van der Waals surface area contributed by atoms with Gasteiger partial charge in [0.1, 0.15) is 0 Å². The molecule has 0 radical (unpaired) electrons. The van der Waals surface area contributed by atoms with Gasteiger partial charge in [0, 0.05) is 5.92 Å². The van der Waals surface area contributed by atoms with Crippen LogP contribution in [0.2, 0.25) is 0 Å². The molecule has 1 heterocycles. The van der Waals surface area contributed by atoms with Gasteiger partial charge in [-0.3, -0.25) is 4.79 Å². The minimum atomic E-state index is -0.347. The molecule has 0 spiro atoms. The van der Waals surface area contributed by atoms with Crippen LogP contribution in [-0.2, 0) is 4.79 Å². The number of hydrazone groups is 1. The lowest BCUT2D eigenvalue weighted by Crippen LogP contribution is -2.35. The average molecular weight is 289 g/mol. The minimum Gasteiger partial charge on any atom is -0.298 e. The van der Waals surface area contributed by atoms with Gasteiger partial charge in [-0.05, 0) is 35.1 Å². The Morgan fingerprint density at radius 1 is 1.50 bits per heavy atom. The van der Waals surface area contributed by atoms with Gasteiger partial charge in [-0.25, -0.2) is 10.6 Å². The van der Waals surface area contributed by atoms with Gasteiger partial charge >= 0.3 is 5.91 Å². The summed E-state index contributed by atoms with van der Waals surface area (Å²) in [5, 5.41) is 4.02. The van der Waals surface area contributed by atoms with E-state index >= 15 is 0 Å². The SMILES string of the molecule is N[N+](C(=O)c1snnc1C1CC1)=C1CC=CC=C1C=O. The van der Waals surface area contributed by atoms with E-state index in [2.05, 4.69) is 9.59 Å². The van der Waals surface area contributed by atoms with Crippen molar-refractivity contribution in [3.05, 3.63) is 34.4 Å². The molecule has 3 rings (SSSR count). The molecule has 6 nitrogen and oxygen atoms in total. The second kappa shape index (κ2) is 5.09. The van der Waals surface area contributed by atoms with E-state index in [9.17, 15) is 9.59 Å². The summed E-state index contributed by atoms with van der Waals surface area (Å²) in [6.45, 7) is 0. The normalized spacial score (nSPS) is 20.5. The summed E-state index contributed by atoms with van der Waals surface area (Å²) >= 11 is 1.06. The van der Waals surface area contributed by atoms with Gasteiger partial charge in [0.15, 0.2) is 11.2 Å². The molecular formula is C13H13N4O2S+. The Morgan fingerprint density at radius 3 is 3.00 bits per heavy atom. The van der Waals surface area contributed by atoms with Crippen molar-refractivity contribution in [1.29, 1.82) is 0 Å². The Hall–Kier alpha value is -2.15. The van der Waals surface area contributed by atoms with Gasteiger partial charge < -0.3 is 0 Å². The first-order chi connectivity index (χ1) is 9.72. The maximum Gasteiger partial charge on any atom is 0.460 e. The molecule has 0 saturated heterocycles. The van der Waals surface area contributed by atoms with Crippen molar-refractivity contribution in [1.82, 2.24) is 9.59 Å². The first-order valence-corrected chi connectivity index (χ1v) is 7.09. The van der Waals surface area contributed by atoms with Crippen LogP contribution in [0.3, 0.4) is 0 Å². The molecule has 1 aromatic rings. The Morgan fingerprint density at radius 2 is 2.30 bits per heavy atom. The lowest BCUT2D eigenvalue weighted by molar-refractivity contribution is -0.440. The summed E-state index contributed by atoms with van der Waals surface area (Å²) in [5.74, 6) is 5.89. The van der Waals surface area contributed by atoms with Gasteiger partial charge in [-0.2, -0.15) is 0 Å². The zero-order chi connectivity index (χ0) is 14.1. The van der Waals surface area contributed by atoms with E-state index in [0.717, 1.165) is 34.8 Å². The van der Waals surface area contributed by atoms with Crippen molar-refractivity contribution >= 4 is 29.4 Å². The number of hydrogen-bond acceptors (Lipinski definition) is 6. The van der Waals surface area contributed by atoms with E-state index in [1.165, 1.54) is 0 Å². The van der Waals surface area contributed by atoms with E-state index in [0.29, 0.717) is 34.8 Å². The van der Waals surface area contributed by atoms with Gasteiger partial charge in [-0.1, -0.05) is 16.6 Å². The van der Waals surface area contributed by atoms with Crippen LogP contribution in [0, 0.1) is 0 Å². The number of aldehydes is 1. The minimum absolute atomic E-state index is 0.332. The number of hydrazine groups is 1. The highest BCUT2D eigenvalue weighted by molar-refractivity contribution is 7.07. The summed E-state index contributed by atoms with van der Waals surface area (Å²) in [6.07, 6.45) is 8.50. The van der Waals surface area contributed by atoms with Crippen molar-refractivity contribution < 1.29 is 14.3 Å². The monoisotopic (exact) mass is 289 g/mol. The van der Waals surface area contributed by atoms with Crippen LogP contribution in [0.5, 0.6) is 0 Å². The summed E-state index contributed by atoms with van der Waals surface area (Å²) < 4.78 is 4.90. The fraction of sp³-hybridized carbons (Fsp3) is 0.308. The second-order valence-electron chi connectivity index (χ2n) is 4.76. The molecule has 1 fully saturated rings. The molecular weight excluding hydrogens is 276 g/mol. The average Bonchev–Trinajstić information content (AvgIpc) is 3.22. The van der Waals surface area contributed by atoms with Crippen LogP contribution in [0.4, 0.5) is 0 Å². The zero-order valence-electron chi connectivity index (χ0n) is 10.7. The van der Waals surface area contributed by atoms with Crippen molar-refractivity contribution in [3.8, 4) is 0 Å². The van der Waals surface area contributed by atoms with Gasteiger partial charge in [0.2, 0.25) is 5.71 Å². The summed E-state index contributed by atoms with van der Waals surface area (Å²) in [6, 6.07) is 0. The molecule has 7 heteroatoms. The van der Waals surface area contributed by atoms with Crippen LogP contribution in [-0.4, -0.2) is 32.2 Å². The maximum absolute atomic E-state index is 12.5. The molecule has 2 aliphatic carbocycles. The van der Waals surface area contributed by atoms with Crippen molar-refractivity contribution in [2.45, 2.75) is 25.2 Å². The van der Waals surface area contributed by atoms with Crippen LogP contribution in [0.25, 0.3) is 0 Å². The number of rotatable bonds is 3. The summed E-state index contributed by atoms with van der Waals surface area (Å²) in [7, 11) is 0. The molecule has 0 bridgehead atoms. The number of carbonyl (C=O) groups excluding carboxylic acids is 2. The first-order valence-electron chi connectivity index (χ1n) is 6.32. The van der Waals surface area contributed by atoms with E-state index in [4.69, 9.17) is 5.84 Å². The topological polar surface area (TPSA) is 88.9 Å². The molecule has 0 atom stereocenters. The van der Waals surface area contributed by atoms with E-state index in [1.54, 1.807) is 12.2 Å². The highest BCUT2D eigenvalue weighted by Gasteiger charge is 2.37. The number of hydrogen-bond donors (Lipinski definition) is 1. The lowest BCUT2D eigenvalue weighted by atomic mass is 10.0. The first kappa shape index (κ1) is 12.9. The molecule has 1 saturated carbocycles. The third-order valence-electron chi connectivity index (χ3n) is 3.36. The molecule has 0 aromatic carbocycles. The zero-order valence-corrected chi connectivity index (χ0v) is 11.5. The quantitative estimate of drug-likeness (QED) is 0.294. The molecule has 1 amide bonds. The third-order valence-corrected chi connectivity index (χ3v) is 4.09. The molecule has 1 aromatic heterocycles. The Labute approximate surface area is 119 Å². The molecule has 0 unspecified atom stereocenters. The molecule has 2 aliphatic rings. The molecule has 0 aliphatic heterocycles. The fourth-order valence-electron chi connectivity index (χ4n) is 2.11. The van der Waals surface area contributed by atoms with Crippen molar-refractivity contribution in [2.75, 3.05) is 0 Å². The van der Waals surface area contributed by atoms with Crippen molar-refractivity contribution in [3.63, 3.8) is 0 Å². The van der Waals surface area contributed by atoms with Crippen LogP contribution in [0.1, 0.15) is 40.5 Å². The number of nitrogens with zero attached hydrogens (tertiary/aromatic N) is 3. The summed E-state index contributed by atoms with van der Waals surface area (Å²) in [5.41, 5.74) is 1.66. The van der Waals surface area contributed by atoms with Crippen LogP contribution in [0.15, 0.2) is 23.8 Å². The van der Waals surface area contributed by atoms with Crippen LogP contribution >= 0.6 is 11.5 Å². The lowest BCUT2D eigenvalue weighted by Gasteiger charge is -2.04. The predicted molar refractivity (Wildman–Crippen MR) is 73.6 cm³/mol. The smallest absolute Gasteiger partial charge is 0.298 e. The number of allylic oxidation sites excluding steroid dienone is 4. The fourth-order valence-corrected chi connectivity index (χ4v) is 2.80. The Kier molecular flexibility index (Phi) is 3.27. The van der Waals surface area contributed by atoms with E-state index < -0.39 is 0 Å². The van der Waals surface area contributed by atoms with E-state index in [-0.39, 0.29) is 5.91 Å². The third kappa shape index (κ3) is 2.20. The van der Waals surface area contributed by atoms with Gasteiger partial charge in [0.05, 0.1) is 17.7 Å². The number of carbonyl (C=O) groups is 2. The molecule has 102 valence electrons. The Balaban J connectivity index is 1.97. The number of amides is 1. The Bertz CT molecular complexity index is 668. The predicted octanol–water partition coefficient (Wildman–Crippen LogP) is 0.968. The maximum atomic E-state index is 12.5. The second-order valence-corrected chi connectivity index (χ2v) is 5.51. The van der Waals surface area contributed by atoms with E-state index in [1.807, 2.05) is 6.08 Å². The number of aromatic nitrogens is 2. The standard InChI is InChI=1S/C13H13N4O2S/c14-17(10-4-2-1-3-9(10)7-18)13(19)12-11(8-5-6-8)15-16-20-12/h1-3,7-8H,4-6,14H2/q+1. The number of nitrogens with two attached hydrogens (primary N) is 1. The summed E-state index contributed by atoms with van der Waals surface area (Å²) in [4.78, 5) is 24.0. The highest BCUT2D eigenvalue weighted by Crippen LogP contribution is 2.41. The largest absolute Gasteiger partial charge is 0.460 e. The van der Waals surface area contributed by atoms with Gasteiger partial charge in [-0.15, -0.1) is 5.10 Å². The van der Waals surface area contributed by atoms with Crippen molar-refractivity contribution in [2.24, 2.45) is 5.84 Å². The highest BCUT2D eigenvalue weighted by atomic mass is 32.1. The van der Waals surface area contributed by atoms with Crippen LogP contribution < -0.4 is 5.84 Å². The van der Waals surface area contributed by atoms with Gasteiger partial charge in [0.25, 0.3) is 0 Å². The molecule has 2 N–H and O–H groups in total.